The van der Waals surface area contributed by atoms with Gasteiger partial charge in [-0.05, 0) is 62.2 Å². The van der Waals surface area contributed by atoms with Gasteiger partial charge in [0.15, 0.2) is 0 Å². The molecular formula is C26H27N5O3. The average molecular weight is 458 g/mol. The zero-order valence-electron chi connectivity index (χ0n) is 19.0. The van der Waals surface area contributed by atoms with Crippen molar-refractivity contribution in [3.05, 3.63) is 72.6 Å². The molecule has 2 aromatic heterocycles. The average Bonchev–Trinajstić information content (AvgIpc) is 3.26. The van der Waals surface area contributed by atoms with Gasteiger partial charge in [0.2, 0.25) is 5.95 Å². The van der Waals surface area contributed by atoms with Crippen LogP contribution >= 0.6 is 0 Å². The summed E-state index contributed by atoms with van der Waals surface area (Å²) in [5, 5.41) is 9.62. The number of nitrogens with two attached hydrogens (primary N) is 1. The summed E-state index contributed by atoms with van der Waals surface area (Å²) in [5.41, 5.74) is 9.06. The normalized spacial score (nSPS) is 15.4. The van der Waals surface area contributed by atoms with Crippen molar-refractivity contribution < 1.29 is 14.6 Å². The predicted molar refractivity (Wildman–Crippen MR) is 130 cm³/mol. The second kappa shape index (κ2) is 9.15. The lowest BCUT2D eigenvalue weighted by molar-refractivity contribution is -0.140. The first-order chi connectivity index (χ1) is 16.5. The minimum atomic E-state index is -0.976. The number of hydrogen-bond donors (Lipinski definition) is 2. The first kappa shape index (κ1) is 21.9. The molecule has 5 rings (SSSR count). The first-order valence-corrected chi connectivity index (χ1v) is 11.4. The van der Waals surface area contributed by atoms with E-state index in [0.717, 1.165) is 46.9 Å². The molecule has 8 nitrogen and oxygen atoms in total. The number of aliphatic hydroxyl groups excluding tert-OH is 1. The summed E-state index contributed by atoms with van der Waals surface area (Å²) in [6.45, 7) is 2.69. The molecule has 0 radical (unpaired) electrons. The molecule has 1 saturated heterocycles. The highest BCUT2D eigenvalue weighted by atomic mass is 16.5. The van der Waals surface area contributed by atoms with Crippen molar-refractivity contribution in [2.45, 2.75) is 31.8 Å². The van der Waals surface area contributed by atoms with Crippen LogP contribution in [0.2, 0.25) is 0 Å². The molecule has 0 saturated carbocycles. The number of fused-ring (bicyclic) bond motifs is 1. The largest absolute Gasteiger partial charge is 0.457 e. The number of aliphatic hydroxyl groups is 1. The molecule has 1 aliphatic rings. The number of anilines is 1. The third-order valence-corrected chi connectivity index (χ3v) is 6.25. The summed E-state index contributed by atoms with van der Waals surface area (Å²) in [5.74, 6) is 2.57. The Hall–Kier alpha value is -3.91. The number of amides is 1. The molecular weight excluding hydrogens is 430 g/mol. The molecule has 8 heteroatoms. The van der Waals surface area contributed by atoms with Gasteiger partial charge in [0.1, 0.15) is 23.4 Å². The van der Waals surface area contributed by atoms with E-state index in [2.05, 4.69) is 4.98 Å². The number of likely N-dealkylation sites (tertiary alicyclic amines) is 1. The molecule has 1 aliphatic heterocycles. The standard InChI is InChI=1S/C26H27N5O3/c1-17(32)25(33)30-15-12-18(13-16-30)23-22-11-14-28-26(27)31(22)24(29-23)19-7-9-21(10-8-19)34-20-5-3-2-4-6-20/h2-11,14,17-18,32H,12-13,15-16H2,1H3,(H2,27,28)/t17-/m0/s1. The van der Waals surface area contributed by atoms with E-state index in [1.807, 2.05) is 65.1 Å². The van der Waals surface area contributed by atoms with E-state index >= 15 is 0 Å². The number of nitrogen functional groups attached to an aromatic ring is 1. The van der Waals surface area contributed by atoms with Crippen molar-refractivity contribution in [3.8, 4) is 22.9 Å². The molecule has 0 spiro atoms. The lowest BCUT2D eigenvalue weighted by atomic mass is 9.92. The fraction of sp³-hybridized carbons (Fsp3) is 0.269. The monoisotopic (exact) mass is 457 g/mol. The predicted octanol–water partition coefficient (Wildman–Crippen LogP) is 3.86. The van der Waals surface area contributed by atoms with E-state index in [1.54, 1.807) is 11.1 Å². The number of carbonyl (C=O) groups excluding carboxylic acids is 1. The van der Waals surface area contributed by atoms with Crippen molar-refractivity contribution in [1.29, 1.82) is 0 Å². The molecule has 0 aliphatic carbocycles. The zero-order valence-corrected chi connectivity index (χ0v) is 19.0. The molecule has 0 unspecified atom stereocenters. The van der Waals surface area contributed by atoms with Gasteiger partial charge in [-0.1, -0.05) is 18.2 Å². The Labute approximate surface area is 197 Å². The summed E-state index contributed by atoms with van der Waals surface area (Å²) in [7, 11) is 0. The number of aromatic nitrogens is 3. The fourth-order valence-corrected chi connectivity index (χ4v) is 4.51. The van der Waals surface area contributed by atoms with Crippen LogP contribution in [0.25, 0.3) is 16.9 Å². The number of ether oxygens (including phenoxy) is 1. The van der Waals surface area contributed by atoms with Gasteiger partial charge >= 0.3 is 0 Å². The van der Waals surface area contributed by atoms with Crippen LogP contribution in [0.5, 0.6) is 11.5 Å². The molecule has 2 aromatic carbocycles. The molecule has 3 N–H and O–H groups in total. The van der Waals surface area contributed by atoms with Crippen molar-refractivity contribution in [1.82, 2.24) is 19.3 Å². The van der Waals surface area contributed by atoms with E-state index in [1.165, 1.54) is 6.92 Å². The molecule has 174 valence electrons. The highest BCUT2D eigenvalue weighted by molar-refractivity contribution is 5.80. The second-order valence-corrected chi connectivity index (χ2v) is 8.56. The number of carbonyl (C=O) groups is 1. The first-order valence-electron chi connectivity index (χ1n) is 11.4. The maximum absolute atomic E-state index is 12.2. The molecule has 3 heterocycles. The SMILES string of the molecule is C[C@H](O)C(=O)N1CCC(c2nc(-c3ccc(Oc4ccccc4)cc3)n3c(N)nccc23)CC1. The van der Waals surface area contributed by atoms with E-state index in [4.69, 9.17) is 15.5 Å². The Kier molecular flexibility index (Phi) is 5.90. The van der Waals surface area contributed by atoms with Crippen LogP contribution in [0.15, 0.2) is 66.9 Å². The van der Waals surface area contributed by atoms with Crippen molar-refractivity contribution in [2.24, 2.45) is 0 Å². The fourth-order valence-electron chi connectivity index (χ4n) is 4.51. The number of benzene rings is 2. The van der Waals surface area contributed by atoms with Crippen molar-refractivity contribution >= 4 is 17.4 Å². The van der Waals surface area contributed by atoms with Gasteiger partial charge in [0.25, 0.3) is 5.91 Å². The maximum atomic E-state index is 12.2. The molecule has 0 bridgehead atoms. The lowest BCUT2D eigenvalue weighted by Gasteiger charge is -2.32. The number of piperidine rings is 1. The van der Waals surface area contributed by atoms with Crippen LogP contribution in [0.1, 0.15) is 31.4 Å². The van der Waals surface area contributed by atoms with E-state index in [0.29, 0.717) is 19.0 Å². The van der Waals surface area contributed by atoms with Crippen LogP contribution in [0, 0.1) is 0 Å². The van der Waals surface area contributed by atoms with Gasteiger partial charge in [-0.15, -0.1) is 0 Å². The number of imidazole rings is 1. The third kappa shape index (κ3) is 4.20. The zero-order chi connectivity index (χ0) is 23.7. The van der Waals surface area contributed by atoms with Gasteiger partial charge in [0.05, 0.1) is 11.2 Å². The van der Waals surface area contributed by atoms with Crippen molar-refractivity contribution in [3.63, 3.8) is 0 Å². The second-order valence-electron chi connectivity index (χ2n) is 8.56. The van der Waals surface area contributed by atoms with Crippen LogP contribution in [0.4, 0.5) is 5.95 Å². The number of para-hydroxylation sites is 1. The molecule has 34 heavy (non-hydrogen) atoms. The van der Waals surface area contributed by atoms with E-state index in [9.17, 15) is 9.90 Å². The smallest absolute Gasteiger partial charge is 0.251 e. The molecule has 4 aromatic rings. The number of hydrogen-bond acceptors (Lipinski definition) is 6. The summed E-state index contributed by atoms with van der Waals surface area (Å²) < 4.78 is 7.80. The van der Waals surface area contributed by atoms with Crippen LogP contribution in [0.3, 0.4) is 0 Å². The van der Waals surface area contributed by atoms with Crippen molar-refractivity contribution in [2.75, 3.05) is 18.8 Å². The highest BCUT2D eigenvalue weighted by Gasteiger charge is 2.29. The van der Waals surface area contributed by atoms with E-state index < -0.39 is 6.10 Å². The third-order valence-electron chi connectivity index (χ3n) is 6.25. The topological polar surface area (TPSA) is 106 Å². The molecule has 1 atom stereocenters. The maximum Gasteiger partial charge on any atom is 0.251 e. The molecule has 1 fully saturated rings. The van der Waals surface area contributed by atoms with E-state index in [-0.39, 0.29) is 11.8 Å². The van der Waals surface area contributed by atoms with Gasteiger partial charge in [-0.3, -0.25) is 9.20 Å². The quantitative estimate of drug-likeness (QED) is 0.471. The Morgan fingerprint density at radius 3 is 2.41 bits per heavy atom. The Balaban J connectivity index is 1.43. The Morgan fingerprint density at radius 1 is 1.06 bits per heavy atom. The summed E-state index contributed by atoms with van der Waals surface area (Å²) in [6, 6.07) is 19.3. The van der Waals surface area contributed by atoms with Crippen LogP contribution < -0.4 is 10.5 Å². The number of nitrogens with zero attached hydrogens (tertiary/aromatic N) is 4. The Bertz CT molecular complexity index is 1290. The van der Waals surface area contributed by atoms with Gasteiger partial charge in [0, 0.05) is 30.8 Å². The minimum Gasteiger partial charge on any atom is -0.457 e. The summed E-state index contributed by atoms with van der Waals surface area (Å²) in [4.78, 5) is 23.2. The lowest BCUT2D eigenvalue weighted by Crippen LogP contribution is -2.42. The molecule has 1 amide bonds. The van der Waals surface area contributed by atoms with Crippen LogP contribution in [-0.4, -0.2) is 49.5 Å². The summed E-state index contributed by atoms with van der Waals surface area (Å²) in [6.07, 6.45) is 2.27. The van der Waals surface area contributed by atoms with Gasteiger partial charge in [-0.2, -0.15) is 0 Å². The van der Waals surface area contributed by atoms with Gasteiger partial charge < -0.3 is 20.5 Å². The van der Waals surface area contributed by atoms with Crippen LogP contribution in [-0.2, 0) is 4.79 Å². The highest BCUT2D eigenvalue weighted by Crippen LogP contribution is 2.35. The number of rotatable bonds is 5. The summed E-state index contributed by atoms with van der Waals surface area (Å²) >= 11 is 0. The Morgan fingerprint density at radius 2 is 1.74 bits per heavy atom. The van der Waals surface area contributed by atoms with Gasteiger partial charge in [-0.25, -0.2) is 9.97 Å². The minimum absolute atomic E-state index is 0.185.